The Morgan fingerprint density at radius 1 is 1.13 bits per heavy atom. The second-order valence-electron chi connectivity index (χ2n) is 8.93. The monoisotopic (exact) mass is 423 g/mol. The summed E-state index contributed by atoms with van der Waals surface area (Å²) in [6, 6.07) is 6.08. The molecule has 1 amide bonds. The number of nitrogens with zero attached hydrogens (tertiary/aromatic N) is 4. The number of amides is 1. The molecule has 2 saturated heterocycles. The van der Waals surface area contributed by atoms with E-state index in [2.05, 4.69) is 27.3 Å². The van der Waals surface area contributed by atoms with E-state index in [1.54, 1.807) is 4.57 Å². The lowest BCUT2D eigenvalue weighted by molar-refractivity contribution is 0.0743. The van der Waals surface area contributed by atoms with Gasteiger partial charge in [0.25, 0.3) is 11.5 Å². The minimum Gasteiger partial charge on any atom is -0.368 e. The highest BCUT2D eigenvalue weighted by molar-refractivity contribution is 5.95. The van der Waals surface area contributed by atoms with Crippen LogP contribution in [-0.4, -0.2) is 59.6 Å². The predicted molar refractivity (Wildman–Crippen MR) is 123 cm³/mol. The highest BCUT2D eigenvalue weighted by atomic mass is 16.2. The van der Waals surface area contributed by atoms with Gasteiger partial charge in [0.1, 0.15) is 5.56 Å². The van der Waals surface area contributed by atoms with Gasteiger partial charge in [-0.1, -0.05) is 0 Å². The van der Waals surface area contributed by atoms with Crippen LogP contribution in [0.15, 0.2) is 29.2 Å². The van der Waals surface area contributed by atoms with Crippen molar-refractivity contribution < 1.29 is 4.79 Å². The lowest BCUT2D eigenvalue weighted by Gasteiger charge is -2.36. The average Bonchev–Trinajstić information content (AvgIpc) is 2.76. The van der Waals surface area contributed by atoms with Crippen molar-refractivity contribution in [3.63, 3.8) is 0 Å². The van der Waals surface area contributed by atoms with Crippen molar-refractivity contribution in [2.24, 2.45) is 5.92 Å². The van der Waals surface area contributed by atoms with Crippen molar-refractivity contribution in [2.45, 2.75) is 40.2 Å². The fraction of sp³-hybridized carbons (Fsp3) is 0.542. The van der Waals surface area contributed by atoms with Crippen molar-refractivity contribution >= 4 is 11.6 Å². The molecule has 0 spiro atoms. The van der Waals surface area contributed by atoms with Gasteiger partial charge < -0.3 is 19.7 Å². The van der Waals surface area contributed by atoms with E-state index in [0.29, 0.717) is 31.1 Å². The average molecular weight is 424 g/mol. The van der Waals surface area contributed by atoms with Crippen LogP contribution >= 0.6 is 0 Å². The maximum Gasteiger partial charge on any atom is 0.263 e. The quantitative estimate of drug-likeness (QED) is 0.816. The number of rotatable bonds is 4. The van der Waals surface area contributed by atoms with Crippen LogP contribution in [0.3, 0.4) is 0 Å². The summed E-state index contributed by atoms with van der Waals surface area (Å²) in [6.45, 7) is 11.2. The Kier molecular flexibility index (Phi) is 6.41. The van der Waals surface area contributed by atoms with Crippen molar-refractivity contribution in [1.29, 1.82) is 0 Å². The normalized spacial score (nSPS) is 19.5. The molecular formula is C24H33N5O2. The number of hydrogen-bond acceptors (Lipinski definition) is 5. The molecule has 31 heavy (non-hydrogen) atoms. The van der Waals surface area contributed by atoms with Crippen LogP contribution < -0.4 is 15.8 Å². The van der Waals surface area contributed by atoms with Gasteiger partial charge in [-0.2, -0.15) is 0 Å². The molecule has 0 radical (unpaired) electrons. The first-order chi connectivity index (χ1) is 14.9. The Bertz CT molecular complexity index is 981. The van der Waals surface area contributed by atoms with Crippen LogP contribution in [0.2, 0.25) is 0 Å². The number of piperazine rings is 1. The summed E-state index contributed by atoms with van der Waals surface area (Å²) in [5, 5.41) is 3.40. The van der Waals surface area contributed by atoms with Gasteiger partial charge in [0.15, 0.2) is 0 Å². The second-order valence-corrected chi connectivity index (χ2v) is 8.93. The van der Waals surface area contributed by atoms with Gasteiger partial charge in [0.2, 0.25) is 0 Å². The lowest BCUT2D eigenvalue weighted by atomic mass is 9.99. The molecule has 7 nitrogen and oxygen atoms in total. The third-order valence-corrected chi connectivity index (χ3v) is 6.44. The summed E-state index contributed by atoms with van der Waals surface area (Å²) in [5.74, 6) is 0.299. The Morgan fingerprint density at radius 2 is 1.84 bits per heavy atom. The maximum atomic E-state index is 13.3. The number of piperidine rings is 1. The van der Waals surface area contributed by atoms with Gasteiger partial charge in [0.05, 0.1) is 0 Å². The fourth-order valence-corrected chi connectivity index (χ4v) is 4.75. The third-order valence-electron chi connectivity index (χ3n) is 6.44. The third kappa shape index (κ3) is 4.82. The first kappa shape index (κ1) is 21.6. The molecule has 1 unspecified atom stereocenters. The Morgan fingerprint density at radius 3 is 2.48 bits per heavy atom. The molecule has 0 bridgehead atoms. The summed E-state index contributed by atoms with van der Waals surface area (Å²) >= 11 is 0. The van der Waals surface area contributed by atoms with Crippen molar-refractivity contribution in [1.82, 2.24) is 19.8 Å². The number of hydrogen-bond donors (Lipinski definition) is 1. The molecule has 0 aromatic carbocycles. The summed E-state index contributed by atoms with van der Waals surface area (Å²) in [7, 11) is 0. The summed E-state index contributed by atoms with van der Waals surface area (Å²) < 4.78 is 1.73. The van der Waals surface area contributed by atoms with Gasteiger partial charge in [0, 0.05) is 56.0 Å². The first-order valence-electron chi connectivity index (χ1n) is 11.3. The molecule has 4 rings (SSSR count). The minimum absolute atomic E-state index is 0.139. The summed E-state index contributed by atoms with van der Waals surface area (Å²) in [5.41, 5.74) is 4.09. The molecule has 0 saturated carbocycles. The zero-order chi connectivity index (χ0) is 22.0. The first-order valence-corrected chi connectivity index (χ1v) is 11.3. The smallest absolute Gasteiger partial charge is 0.263 e. The van der Waals surface area contributed by atoms with Crippen LogP contribution in [0.1, 0.15) is 40.2 Å². The number of carbonyl (C=O) groups excluding carboxylic acids is 1. The molecule has 4 heterocycles. The van der Waals surface area contributed by atoms with Gasteiger partial charge in [-0.15, -0.1) is 0 Å². The summed E-state index contributed by atoms with van der Waals surface area (Å²) in [4.78, 5) is 35.1. The topological polar surface area (TPSA) is 70.5 Å². The largest absolute Gasteiger partial charge is 0.368 e. The number of anilines is 1. The Hall–Kier alpha value is -2.67. The molecule has 7 heteroatoms. The number of aryl methyl sites for hydroxylation is 3. The van der Waals surface area contributed by atoms with E-state index < -0.39 is 0 Å². The molecule has 2 fully saturated rings. The molecule has 1 atom stereocenters. The van der Waals surface area contributed by atoms with E-state index in [4.69, 9.17) is 0 Å². The number of nitrogens with one attached hydrogen (secondary N) is 1. The van der Waals surface area contributed by atoms with E-state index in [9.17, 15) is 9.59 Å². The fourth-order valence-electron chi connectivity index (χ4n) is 4.75. The molecule has 2 aromatic rings. The molecule has 1 N–H and O–H groups in total. The Labute approximate surface area is 184 Å². The van der Waals surface area contributed by atoms with Gasteiger partial charge >= 0.3 is 0 Å². The SMILES string of the molecule is Cc1cc(N2CCN(C(=O)c3c(C)ccn(CC4CCCNC4)c3=O)CC2)cc(C)n1. The van der Waals surface area contributed by atoms with Crippen LogP contribution in [0.4, 0.5) is 5.69 Å². The van der Waals surface area contributed by atoms with Gasteiger partial charge in [-0.25, -0.2) is 0 Å². The van der Waals surface area contributed by atoms with Crippen molar-refractivity contribution in [3.05, 3.63) is 57.3 Å². The van der Waals surface area contributed by atoms with Crippen LogP contribution in [0.25, 0.3) is 0 Å². The second kappa shape index (κ2) is 9.22. The van der Waals surface area contributed by atoms with E-state index in [-0.39, 0.29) is 11.5 Å². The maximum absolute atomic E-state index is 13.3. The van der Waals surface area contributed by atoms with Gasteiger partial charge in [-0.3, -0.25) is 14.6 Å². The minimum atomic E-state index is -0.154. The standard InChI is InChI=1S/C24H33N5O2/c1-17-6-8-29(16-20-5-4-7-25-15-20)24(31)22(17)23(30)28-11-9-27(10-12-28)21-13-18(2)26-19(3)14-21/h6,8,13-14,20,25H,4-5,7,9-12,15-16H2,1-3H3. The molecule has 2 aliphatic rings. The van der Waals surface area contributed by atoms with E-state index >= 15 is 0 Å². The Balaban J connectivity index is 1.47. The van der Waals surface area contributed by atoms with Crippen molar-refractivity contribution in [3.8, 4) is 0 Å². The lowest BCUT2D eigenvalue weighted by Crippen LogP contribution is -2.50. The van der Waals surface area contributed by atoms with Crippen molar-refractivity contribution in [2.75, 3.05) is 44.2 Å². The highest BCUT2D eigenvalue weighted by Gasteiger charge is 2.26. The zero-order valence-corrected chi connectivity index (χ0v) is 18.9. The van der Waals surface area contributed by atoms with Crippen LogP contribution in [0.5, 0.6) is 0 Å². The number of aromatic nitrogens is 2. The number of pyridine rings is 2. The van der Waals surface area contributed by atoms with E-state index in [1.807, 2.05) is 37.9 Å². The van der Waals surface area contributed by atoms with E-state index in [1.165, 1.54) is 0 Å². The highest BCUT2D eigenvalue weighted by Crippen LogP contribution is 2.20. The van der Waals surface area contributed by atoms with Crippen LogP contribution in [0, 0.1) is 26.7 Å². The van der Waals surface area contributed by atoms with Gasteiger partial charge in [-0.05, 0) is 76.4 Å². The molecular weight excluding hydrogens is 390 g/mol. The summed E-state index contributed by atoms with van der Waals surface area (Å²) in [6.07, 6.45) is 4.10. The molecule has 2 aromatic heterocycles. The molecule has 166 valence electrons. The molecule has 0 aliphatic carbocycles. The number of carbonyl (C=O) groups is 1. The predicted octanol–water partition coefficient (Wildman–Crippen LogP) is 2.13. The zero-order valence-electron chi connectivity index (χ0n) is 18.9. The van der Waals surface area contributed by atoms with E-state index in [0.717, 1.165) is 61.7 Å². The van der Waals surface area contributed by atoms with Crippen LogP contribution in [-0.2, 0) is 6.54 Å². The molecule has 2 aliphatic heterocycles.